The molecule has 1 aliphatic heterocycles. The van der Waals surface area contributed by atoms with Crippen LogP contribution in [0.2, 0.25) is 0 Å². The Labute approximate surface area is 266 Å². The van der Waals surface area contributed by atoms with Gasteiger partial charge in [-0.25, -0.2) is 4.79 Å². The van der Waals surface area contributed by atoms with Crippen LogP contribution in [-0.4, -0.2) is 83.4 Å². The van der Waals surface area contributed by atoms with Gasteiger partial charge in [-0.3, -0.25) is 14.7 Å². The highest BCUT2D eigenvalue weighted by Crippen LogP contribution is 2.28. The van der Waals surface area contributed by atoms with Crippen molar-refractivity contribution in [3.05, 3.63) is 84.2 Å². The molecule has 0 unspecified atom stereocenters. The van der Waals surface area contributed by atoms with Gasteiger partial charge in [0.25, 0.3) is 5.91 Å². The van der Waals surface area contributed by atoms with Gasteiger partial charge < -0.3 is 30.1 Å². The maximum absolute atomic E-state index is 14.3. The van der Waals surface area contributed by atoms with E-state index in [1.165, 1.54) is 5.56 Å². The number of hydrogen-bond donors (Lipinski definition) is 3. The van der Waals surface area contributed by atoms with Crippen molar-refractivity contribution in [1.29, 1.82) is 0 Å². The second-order valence-corrected chi connectivity index (χ2v) is 12.0. The summed E-state index contributed by atoms with van der Waals surface area (Å²) < 4.78 is 12.8. The molecule has 0 spiro atoms. The number of benzene rings is 2. The number of urea groups is 1. The number of aliphatic hydroxyl groups excluding tert-OH is 1. The fourth-order valence-electron chi connectivity index (χ4n) is 5.45. The van der Waals surface area contributed by atoms with Gasteiger partial charge in [0.2, 0.25) is 0 Å². The molecule has 0 bridgehead atoms. The number of amides is 3. The summed E-state index contributed by atoms with van der Waals surface area (Å²) >= 11 is 0. The molecule has 2 aromatic carbocycles. The van der Waals surface area contributed by atoms with Gasteiger partial charge in [0, 0.05) is 55.9 Å². The molecule has 4 atom stereocenters. The molecule has 1 aliphatic rings. The molecule has 4 rings (SSSR count). The Balaban J connectivity index is 1.59. The first kappa shape index (κ1) is 33.9. The predicted molar refractivity (Wildman–Crippen MR) is 177 cm³/mol. The van der Waals surface area contributed by atoms with Crippen LogP contribution in [0.3, 0.4) is 0 Å². The van der Waals surface area contributed by atoms with Gasteiger partial charge in [-0.05, 0) is 88.2 Å². The Bertz CT molecular complexity index is 1360. The van der Waals surface area contributed by atoms with Gasteiger partial charge in [-0.1, -0.05) is 25.1 Å². The van der Waals surface area contributed by atoms with Crippen LogP contribution < -0.4 is 15.4 Å². The molecule has 0 saturated heterocycles. The molecule has 10 heteroatoms. The van der Waals surface area contributed by atoms with Crippen LogP contribution in [0.25, 0.3) is 0 Å². The molecule has 3 amide bonds. The highest BCUT2D eigenvalue weighted by molar-refractivity contribution is 6.02. The van der Waals surface area contributed by atoms with Crippen LogP contribution in [-0.2, 0) is 11.3 Å². The van der Waals surface area contributed by atoms with Gasteiger partial charge >= 0.3 is 6.03 Å². The quantitative estimate of drug-likeness (QED) is 0.299. The number of anilines is 2. The Morgan fingerprint density at radius 1 is 1.07 bits per heavy atom. The molecule has 0 fully saturated rings. The molecule has 3 N–H and O–H groups in total. The van der Waals surface area contributed by atoms with Crippen molar-refractivity contribution in [2.75, 3.05) is 44.0 Å². The van der Waals surface area contributed by atoms with Gasteiger partial charge in [0.1, 0.15) is 5.75 Å². The highest BCUT2D eigenvalue weighted by atomic mass is 16.5. The van der Waals surface area contributed by atoms with E-state index in [0.29, 0.717) is 42.4 Å². The van der Waals surface area contributed by atoms with Crippen molar-refractivity contribution in [1.82, 2.24) is 14.8 Å². The monoisotopic (exact) mass is 617 g/mol. The third kappa shape index (κ3) is 10.3. The minimum Gasteiger partial charge on any atom is -0.490 e. The number of aromatic nitrogens is 1. The number of likely N-dealkylation sites (N-methyl/N-ethyl adjacent to an activating group) is 1. The number of nitrogens with zero attached hydrogens (tertiary/aromatic N) is 3. The van der Waals surface area contributed by atoms with E-state index in [2.05, 4.69) is 34.5 Å². The average molecular weight is 618 g/mol. The zero-order valence-electron chi connectivity index (χ0n) is 26.8. The molecular formula is C35H47N5O5. The number of nitrogens with one attached hydrogen (secondary N) is 2. The molecule has 0 saturated carbocycles. The second kappa shape index (κ2) is 16.9. The van der Waals surface area contributed by atoms with E-state index in [4.69, 9.17) is 9.47 Å². The van der Waals surface area contributed by atoms with Gasteiger partial charge in [-0.2, -0.15) is 0 Å². The summed E-state index contributed by atoms with van der Waals surface area (Å²) in [5, 5.41) is 15.8. The molecular weight excluding hydrogens is 570 g/mol. The average Bonchev–Trinajstić information content (AvgIpc) is 3.03. The lowest BCUT2D eigenvalue weighted by Gasteiger charge is -2.36. The molecule has 45 heavy (non-hydrogen) atoms. The molecule has 1 aromatic heterocycles. The summed E-state index contributed by atoms with van der Waals surface area (Å²) in [4.78, 5) is 35.1. The van der Waals surface area contributed by atoms with Crippen LogP contribution in [0.1, 0.15) is 56.0 Å². The van der Waals surface area contributed by atoms with E-state index in [-0.39, 0.29) is 30.6 Å². The molecule has 2 heterocycles. The third-order valence-electron chi connectivity index (χ3n) is 8.03. The summed E-state index contributed by atoms with van der Waals surface area (Å²) in [6, 6.07) is 17.4. The summed E-state index contributed by atoms with van der Waals surface area (Å²) in [6.07, 6.45) is 5.94. The van der Waals surface area contributed by atoms with E-state index >= 15 is 0 Å². The van der Waals surface area contributed by atoms with Gasteiger partial charge in [0.15, 0.2) is 0 Å². The summed E-state index contributed by atoms with van der Waals surface area (Å²) in [5.41, 5.74) is 2.61. The zero-order chi connectivity index (χ0) is 32.2. The SMILES string of the molecule is C[C@@H]1CN([C@H](C)CO)C(=O)c2cc(NC(=O)Nc3ccccc3)ccc2O[C@@H](C)CCCCO[C@@H]1CN(C)Cc1ccncc1. The highest BCUT2D eigenvalue weighted by Gasteiger charge is 2.30. The predicted octanol–water partition coefficient (Wildman–Crippen LogP) is 5.65. The van der Waals surface area contributed by atoms with E-state index < -0.39 is 12.1 Å². The van der Waals surface area contributed by atoms with Gasteiger partial charge in [-0.15, -0.1) is 0 Å². The van der Waals surface area contributed by atoms with Crippen molar-refractivity contribution < 1.29 is 24.2 Å². The lowest BCUT2D eigenvalue weighted by Crippen LogP contribution is -2.47. The van der Waals surface area contributed by atoms with Crippen molar-refractivity contribution in [2.45, 2.75) is 64.8 Å². The number of hydrogen-bond acceptors (Lipinski definition) is 7. The number of aliphatic hydroxyl groups is 1. The van der Waals surface area contributed by atoms with Gasteiger partial charge in [0.05, 0.1) is 30.4 Å². The van der Waals surface area contributed by atoms with E-state index in [1.807, 2.05) is 44.2 Å². The molecule has 10 nitrogen and oxygen atoms in total. The molecule has 242 valence electrons. The summed E-state index contributed by atoms with van der Waals surface area (Å²) in [7, 11) is 2.07. The normalized spacial score (nSPS) is 20.4. The number of pyridine rings is 1. The topological polar surface area (TPSA) is 116 Å². The molecule has 0 radical (unpaired) electrons. The lowest BCUT2D eigenvalue weighted by atomic mass is 10.0. The van der Waals surface area contributed by atoms with E-state index in [9.17, 15) is 14.7 Å². The maximum atomic E-state index is 14.3. The third-order valence-corrected chi connectivity index (χ3v) is 8.03. The minimum atomic E-state index is -0.452. The smallest absolute Gasteiger partial charge is 0.323 e. The summed E-state index contributed by atoms with van der Waals surface area (Å²) in [5.74, 6) is 0.136. The maximum Gasteiger partial charge on any atom is 0.323 e. The van der Waals surface area contributed by atoms with Crippen LogP contribution in [0.5, 0.6) is 5.75 Å². The number of carbonyl (C=O) groups is 2. The summed E-state index contributed by atoms with van der Waals surface area (Å²) in [6.45, 7) is 8.13. The number of rotatable bonds is 8. The number of ether oxygens (including phenoxy) is 2. The Hall–Kier alpha value is -3.99. The van der Waals surface area contributed by atoms with Crippen molar-refractivity contribution in [3.63, 3.8) is 0 Å². The molecule has 3 aromatic rings. The van der Waals surface area contributed by atoms with Crippen molar-refractivity contribution in [3.8, 4) is 5.75 Å². The number of fused-ring (bicyclic) bond motifs is 1. The first-order valence-corrected chi connectivity index (χ1v) is 15.8. The van der Waals surface area contributed by atoms with Crippen LogP contribution in [0, 0.1) is 5.92 Å². The van der Waals surface area contributed by atoms with Crippen molar-refractivity contribution >= 4 is 23.3 Å². The first-order valence-electron chi connectivity index (χ1n) is 15.8. The Morgan fingerprint density at radius 3 is 2.53 bits per heavy atom. The Kier molecular flexibility index (Phi) is 12.7. The first-order chi connectivity index (χ1) is 21.7. The Morgan fingerprint density at radius 2 is 1.80 bits per heavy atom. The number of carbonyl (C=O) groups excluding carboxylic acids is 2. The minimum absolute atomic E-state index is 0.0352. The second-order valence-electron chi connectivity index (χ2n) is 12.0. The van der Waals surface area contributed by atoms with Crippen molar-refractivity contribution in [2.24, 2.45) is 5.92 Å². The van der Waals surface area contributed by atoms with Crippen LogP contribution in [0.4, 0.5) is 16.2 Å². The zero-order valence-corrected chi connectivity index (χ0v) is 26.8. The fraction of sp³-hybridized carbons (Fsp3) is 0.457. The largest absolute Gasteiger partial charge is 0.490 e. The fourth-order valence-corrected chi connectivity index (χ4v) is 5.45. The van der Waals surface area contributed by atoms with E-state index in [0.717, 1.165) is 25.8 Å². The molecule has 0 aliphatic carbocycles. The lowest BCUT2D eigenvalue weighted by molar-refractivity contribution is -0.0177. The van der Waals surface area contributed by atoms with E-state index in [1.54, 1.807) is 47.6 Å². The standard InChI is InChI=1S/C35H47N5O5/c1-25-21-40(26(2)24-41)34(42)31-20-30(38-35(43)37-29-11-6-5-7-12-29)13-14-32(31)45-27(3)10-8-9-19-44-33(25)23-39(4)22-28-15-17-36-18-16-28/h5-7,11-18,20,25-27,33,41H,8-10,19,21-24H2,1-4H3,(H2,37,38,43)/t25-,26-,27+,33-/m1/s1. The van der Waals surface area contributed by atoms with Crippen LogP contribution >= 0.6 is 0 Å². The number of para-hydroxylation sites is 1. The van der Waals surface area contributed by atoms with Crippen LogP contribution in [0.15, 0.2) is 73.1 Å².